The number of ketones is 1. The van der Waals surface area contributed by atoms with Gasteiger partial charge in [0.2, 0.25) is 0 Å². The number of ether oxygens (including phenoxy) is 1. The second-order valence-corrected chi connectivity index (χ2v) is 9.35. The number of Topliss-reactive ketones (excluding diaryl/α,β-unsaturated/α-hetero) is 1. The van der Waals surface area contributed by atoms with E-state index in [1.807, 2.05) is 24.3 Å². The average Bonchev–Trinajstić information content (AvgIpc) is 3.35. The highest BCUT2D eigenvalue weighted by Crippen LogP contribution is 2.70. The van der Waals surface area contributed by atoms with Gasteiger partial charge in [0.1, 0.15) is 11.5 Å². The van der Waals surface area contributed by atoms with Gasteiger partial charge in [0, 0.05) is 16.9 Å². The van der Waals surface area contributed by atoms with Crippen LogP contribution >= 0.6 is 0 Å². The Morgan fingerprint density at radius 3 is 2.11 bits per heavy atom. The van der Waals surface area contributed by atoms with Crippen LogP contribution in [0.4, 0.5) is 0 Å². The molecule has 1 aromatic carbocycles. The molecule has 0 amide bonds. The summed E-state index contributed by atoms with van der Waals surface area (Å²) in [6.45, 7) is 0. The van der Waals surface area contributed by atoms with E-state index in [2.05, 4.69) is 12.1 Å². The van der Waals surface area contributed by atoms with Gasteiger partial charge in [-0.2, -0.15) is 10.5 Å². The summed E-state index contributed by atoms with van der Waals surface area (Å²) in [5, 5.41) is 19.8. The summed E-state index contributed by atoms with van der Waals surface area (Å²) >= 11 is 0. The molecule has 0 radical (unpaired) electrons. The predicted octanol–water partition coefficient (Wildman–Crippen LogP) is 4.23. The molecule has 0 aliphatic heterocycles. The first-order chi connectivity index (χ1) is 13.1. The van der Waals surface area contributed by atoms with Crippen LogP contribution < -0.4 is 4.74 Å². The average molecular weight is 360 g/mol. The number of carbonyl (C=O) groups is 1. The fourth-order valence-corrected chi connectivity index (χ4v) is 7.14. The van der Waals surface area contributed by atoms with E-state index < -0.39 is 11.3 Å². The van der Waals surface area contributed by atoms with Crippen LogP contribution in [0.15, 0.2) is 24.3 Å². The Hall–Kier alpha value is -2.33. The van der Waals surface area contributed by atoms with Gasteiger partial charge in [0.15, 0.2) is 5.41 Å². The Labute approximate surface area is 160 Å². The number of benzene rings is 1. The Balaban J connectivity index is 1.53. The highest BCUT2D eigenvalue weighted by Gasteiger charge is 2.74. The van der Waals surface area contributed by atoms with E-state index >= 15 is 0 Å². The molecule has 27 heavy (non-hydrogen) atoms. The molecular weight excluding hydrogens is 336 g/mol. The van der Waals surface area contributed by atoms with Crippen molar-refractivity contribution in [3.63, 3.8) is 0 Å². The van der Waals surface area contributed by atoms with Gasteiger partial charge in [-0.15, -0.1) is 0 Å². The lowest BCUT2D eigenvalue weighted by molar-refractivity contribution is -0.145. The first-order valence-electron chi connectivity index (χ1n) is 10.1. The summed E-state index contributed by atoms with van der Waals surface area (Å²) in [4.78, 5) is 13.8. The van der Waals surface area contributed by atoms with E-state index in [1.54, 1.807) is 7.11 Å². The summed E-state index contributed by atoms with van der Waals surface area (Å²) in [6, 6.07) is 12.0. The molecule has 4 heteroatoms. The molecule has 0 aromatic heterocycles. The van der Waals surface area contributed by atoms with Gasteiger partial charge in [0.25, 0.3) is 0 Å². The first-order valence-corrected chi connectivity index (χ1v) is 10.1. The lowest BCUT2D eigenvalue weighted by Crippen LogP contribution is -2.50. The van der Waals surface area contributed by atoms with Crippen molar-refractivity contribution < 1.29 is 9.53 Å². The number of para-hydroxylation sites is 1. The summed E-state index contributed by atoms with van der Waals surface area (Å²) in [6.07, 6.45) is 6.73. The predicted molar refractivity (Wildman–Crippen MR) is 98.5 cm³/mol. The summed E-state index contributed by atoms with van der Waals surface area (Å²) in [5.41, 5.74) is -0.698. The first kappa shape index (κ1) is 16.8. The maximum absolute atomic E-state index is 13.8. The third-order valence-corrected chi connectivity index (χ3v) is 7.89. The van der Waals surface area contributed by atoms with Gasteiger partial charge < -0.3 is 4.74 Å². The minimum absolute atomic E-state index is 0.195. The number of carbonyl (C=O) groups excluding carboxylic acids is 1. The summed E-state index contributed by atoms with van der Waals surface area (Å²) in [7, 11) is 1.59. The largest absolute Gasteiger partial charge is 0.496 e. The maximum Gasteiger partial charge on any atom is 0.161 e. The third kappa shape index (κ3) is 2.16. The van der Waals surface area contributed by atoms with Gasteiger partial charge >= 0.3 is 0 Å². The molecule has 0 saturated heterocycles. The van der Waals surface area contributed by atoms with Crippen molar-refractivity contribution in [2.24, 2.45) is 34.5 Å². The molecule has 0 spiro atoms. The molecule has 138 valence electrons. The van der Waals surface area contributed by atoms with E-state index in [0.717, 1.165) is 24.8 Å². The van der Waals surface area contributed by atoms with E-state index in [1.165, 1.54) is 19.3 Å². The lowest BCUT2D eigenvalue weighted by Gasteiger charge is -2.56. The number of rotatable bonds is 4. The van der Waals surface area contributed by atoms with Crippen LogP contribution in [-0.4, -0.2) is 12.9 Å². The fourth-order valence-electron chi connectivity index (χ4n) is 7.14. The summed E-state index contributed by atoms with van der Waals surface area (Å²) < 4.78 is 5.48. The van der Waals surface area contributed by atoms with Crippen LogP contribution in [0.25, 0.3) is 0 Å². The highest BCUT2D eigenvalue weighted by molar-refractivity contribution is 5.94. The van der Waals surface area contributed by atoms with Gasteiger partial charge in [0.05, 0.1) is 25.2 Å². The van der Waals surface area contributed by atoms with E-state index in [0.29, 0.717) is 23.5 Å². The van der Waals surface area contributed by atoms with E-state index in [-0.39, 0.29) is 17.1 Å². The smallest absolute Gasteiger partial charge is 0.161 e. The SMILES string of the molecule is COc1ccccc1[C@@H]1[C@H](C(=O)C23CC4CC(CC(C4)C2)C3)C1(C#N)C#N. The molecule has 6 rings (SSSR count). The molecule has 5 fully saturated rings. The van der Waals surface area contributed by atoms with Crippen LogP contribution in [0, 0.1) is 57.2 Å². The maximum atomic E-state index is 13.8. The number of hydrogen-bond acceptors (Lipinski definition) is 4. The van der Waals surface area contributed by atoms with Crippen molar-refractivity contribution in [3.8, 4) is 17.9 Å². The molecule has 4 bridgehead atoms. The van der Waals surface area contributed by atoms with Crippen molar-refractivity contribution >= 4 is 5.78 Å². The Morgan fingerprint density at radius 2 is 1.59 bits per heavy atom. The molecular formula is C23H24N2O2. The van der Waals surface area contributed by atoms with Crippen molar-refractivity contribution in [2.75, 3.05) is 7.11 Å². The van der Waals surface area contributed by atoms with Crippen LogP contribution in [-0.2, 0) is 4.79 Å². The Bertz CT molecular complexity index is 841. The molecule has 1 aromatic rings. The van der Waals surface area contributed by atoms with Gasteiger partial charge in [-0.3, -0.25) is 4.79 Å². The number of nitriles is 2. The van der Waals surface area contributed by atoms with Crippen LogP contribution in [0.3, 0.4) is 0 Å². The van der Waals surface area contributed by atoms with Crippen molar-refractivity contribution in [2.45, 2.75) is 44.4 Å². The Kier molecular flexibility index (Phi) is 3.48. The molecule has 4 nitrogen and oxygen atoms in total. The highest BCUT2D eigenvalue weighted by atomic mass is 16.5. The fraction of sp³-hybridized carbons (Fsp3) is 0.609. The molecule has 0 heterocycles. The summed E-state index contributed by atoms with van der Waals surface area (Å²) in [5.74, 6) is 1.98. The minimum atomic E-state index is -1.24. The quantitative estimate of drug-likeness (QED) is 0.805. The van der Waals surface area contributed by atoms with Gasteiger partial charge in [-0.25, -0.2) is 0 Å². The molecule has 5 saturated carbocycles. The van der Waals surface area contributed by atoms with Crippen LogP contribution in [0.1, 0.15) is 50.0 Å². The lowest BCUT2D eigenvalue weighted by atomic mass is 9.48. The topological polar surface area (TPSA) is 73.9 Å². The molecule has 2 atom stereocenters. The van der Waals surface area contributed by atoms with Crippen molar-refractivity contribution in [1.82, 2.24) is 0 Å². The molecule has 5 aliphatic rings. The van der Waals surface area contributed by atoms with Gasteiger partial charge in [-0.1, -0.05) is 18.2 Å². The number of hydrogen-bond donors (Lipinski definition) is 0. The van der Waals surface area contributed by atoms with Gasteiger partial charge in [-0.05, 0) is 62.3 Å². The number of methoxy groups -OCH3 is 1. The standard InChI is InChI=1S/C23H24N2O2/c1-27-18-5-3-2-4-17(18)19-20(23(19,12-24)13-25)21(26)22-9-14-6-15(10-22)8-16(7-14)11-22/h2-5,14-16,19-20H,6-11H2,1H3/t14?,15?,16?,19-,20-,22?/m1/s1. The van der Waals surface area contributed by atoms with Crippen molar-refractivity contribution in [1.29, 1.82) is 10.5 Å². The zero-order chi connectivity index (χ0) is 18.8. The van der Waals surface area contributed by atoms with E-state index in [9.17, 15) is 15.3 Å². The molecule has 0 N–H and O–H groups in total. The van der Waals surface area contributed by atoms with Crippen LogP contribution in [0.2, 0.25) is 0 Å². The monoisotopic (exact) mass is 360 g/mol. The van der Waals surface area contributed by atoms with E-state index in [4.69, 9.17) is 4.74 Å². The normalized spacial score (nSPS) is 40.0. The zero-order valence-corrected chi connectivity index (χ0v) is 15.6. The van der Waals surface area contributed by atoms with Crippen molar-refractivity contribution in [3.05, 3.63) is 29.8 Å². The third-order valence-electron chi connectivity index (χ3n) is 7.89. The second-order valence-electron chi connectivity index (χ2n) is 9.35. The second kappa shape index (κ2) is 5.59. The number of nitrogens with zero attached hydrogens (tertiary/aromatic N) is 2. The Morgan fingerprint density at radius 1 is 1.04 bits per heavy atom. The minimum Gasteiger partial charge on any atom is -0.496 e. The molecule has 0 unspecified atom stereocenters. The molecule has 5 aliphatic carbocycles. The van der Waals surface area contributed by atoms with Crippen LogP contribution in [0.5, 0.6) is 5.75 Å². The zero-order valence-electron chi connectivity index (χ0n) is 15.6.